The van der Waals surface area contributed by atoms with Gasteiger partial charge >= 0.3 is 78.6 Å². The third-order valence-corrected chi connectivity index (χ3v) is 5.97. The molecule has 0 N–H and O–H groups in total. The Kier molecular flexibility index (Phi) is 297. The molecule has 0 rings (SSSR count). The Morgan fingerprint density at radius 1 is 0.143 bits per heavy atom. The topological polar surface area (TPSA) is 277 Å². The molecule has 63 heavy (non-hydrogen) atoms. The zero-order valence-corrected chi connectivity index (χ0v) is 51.2. The second-order valence-electron chi connectivity index (χ2n) is 12.7. The molecule has 0 radical (unpaired) electrons. The zero-order chi connectivity index (χ0) is 49.5. The second-order valence-corrected chi connectivity index (χ2v) is 12.7. The monoisotopic (exact) mass is 1150 g/mol. The first-order chi connectivity index (χ1) is 29.0. The van der Waals surface area contributed by atoms with E-state index in [9.17, 15) is 61.3 Å². The van der Waals surface area contributed by atoms with Crippen molar-refractivity contribution in [2.75, 3.05) is 79.3 Å². The molecule has 0 fully saturated rings. The molecule has 0 bridgehead atoms. The minimum absolute atomic E-state index is 0. The van der Waals surface area contributed by atoms with Crippen molar-refractivity contribution in [3.05, 3.63) is 0 Å². The van der Waals surface area contributed by atoms with Crippen LogP contribution in [0.15, 0.2) is 0 Å². The normalized spacial score (nSPS) is 8.00. The van der Waals surface area contributed by atoms with E-state index in [1.807, 2.05) is 83.1 Å². The predicted molar refractivity (Wildman–Crippen MR) is 237 cm³/mol. The summed E-state index contributed by atoms with van der Waals surface area (Å²) in [5.74, 6) is 0. The third-order valence-electron chi connectivity index (χ3n) is 5.97. The molecule has 0 aliphatic carbocycles. The molecule has 0 aromatic carbocycles. The summed E-state index contributed by atoms with van der Waals surface area (Å²) in [7, 11) is 0. The van der Waals surface area contributed by atoms with Gasteiger partial charge in [0, 0.05) is 0 Å². The van der Waals surface area contributed by atoms with E-state index in [0.717, 1.165) is 154 Å². The molecule has 0 saturated heterocycles. The van der Waals surface area contributed by atoms with E-state index in [0.29, 0.717) is 0 Å². The summed E-state index contributed by atoms with van der Waals surface area (Å²) in [5, 5.41) is 114. The fourth-order valence-electron chi connectivity index (χ4n) is 1.73. The summed E-state index contributed by atoms with van der Waals surface area (Å²) in [6.45, 7) is 25.3. The van der Waals surface area contributed by atoms with E-state index in [-0.39, 0.29) is 158 Å². The fourth-order valence-corrected chi connectivity index (χ4v) is 1.73. The Bertz CT molecular complexity index is 280. The Balaban J connectivity index is -0.0000000306. The van der Waals surface area contributed by atoms with Crippen LogP contribution in [-0.2, 0) is 78.6 Å². The van der Waals surface area contributed by atoms with Gasteiger partial charge in [0.25, 0.3) is 0 Å². The zero-order valence-electron chi connectivity index (χ0n) is 43.9. The van der Waals surface area contributed by atoms with Crippen LogP contribution < -0.4 is 61.3 Å². The average molecular weight is 1150 g/mol. The van der Waals surface area contributed by atoms with Gasteiger partial charge < -0.3 is 61.3 Å². The van der Waals surface area contributed by atoms with Gasteiger partial charge in [0.1, 0.15) is 0 Å². The Morgan fingerprint density at radius 2 is 0.190 bits per heavy atom. The van der Waals surface area contributed by atoms with Crippen molar-refractivity contribution < 1.29 is 140 Å². The molecule has 0 aliphatic rings. The van der Waals surface area contributed by atoms with Crippen LogP contribution in [0.2, 0.25) is 0 Å². The van der Waals surface area contributed by atoms with E-state index in [1.54, 1.807) is 0 Å². The molecule has 384 valence electrons. The van der Waals surface area contributed by atoms with Crippen LogP contribution in [0.5, 0.6) is 0 Å². The molecule has 0 spiro atoms. The first-order valence-corrected chi connectivity index (χ1v) is 23.9. The van der Waals surface area contributed by atoms with Crippen molar-refractivity contribution >= 4 is 0 Å². The van der Waals surface area contributed by atoms with Crippen LogP contribution in [0.3, 0.4) is 0 Å². The maximum Gasteiger partial charge on any atom is 4.00 e. The van der Waals surface area contributed by atoms with Crippen molar-refractivity contribution in [2.24, 2.45) is 0 Å². The molecule has 0 aromatic rings. The van der Waals surface area contributed by atoms with E-state index >= 15 is 0 Å². The van der Waals surface area contributed by atoms with Crippen molar-refractivity contribution in [2.45, 2.75) is 237 Å². The van der Waals surface area contributed by atoms with Gasteiger partial charge in [-0.2, -0.15) is 0 Å². The van der Waals surface area contributed by atoms with Gasteiger partial charge in [-0.05, 0) is 0 Å². The summed E-state index contributed by atoms with van der Waals surface area (Å²) in [6.07, 6.45) is 22.4. The second kappa shape index (κ2) is 176. The first kappa shape index (κ1) is 107. The van der Waals surface area contributed by atoms with E-state index < -0.39 is 0 Å². The average Bonchev–Trinajstić information content (AvgIpc) is 3.24. The molecular weight excluding hydrogens is 1040 g/mol. The molecule has 0 aliphatic heterocycles. The smallest absolute Gasteiger partial charge is 0.854 e. The summed E-state index contributed by atoms with van der Waals surface area (Å²) in [5.41, 5.74) is 0. The minimum Gasteiger partial charge on any atom is -0.854 e. The van der Waals surface area contributed by atoms with Crippen LogP contribution in [0.4, 0.5) is 0 Å². The number of unbranched alkanes of at least 4 members (excludes halogenated alkanes) is 12. The predicted octanol–water partition coefficient (Wildman–Crippen LogP) is 1.75. The molecule has 0 heterocycles. The van der Waals surface area contributed by atoms with Gasteiger partial charge in [-0.25, -0.2) is 0 Å². The van der Waals surface area contributed by atoms with E-state index in [4.69, 9.17) is 0 Å². The summed E-state index contributed by atoms with van der Waals surface area (Å²) >= 11 is 0. The van der Waals surface area contributed by atoms with Crippen LogP contribution in [-0.4, -0.2) is 79.3 Å². The summed E-state index contributed by atoms with van der Waals surface area (Å²) in [4.78, 5) is 0. The quantitative estimate of drug-likeness (QED) is 0.134. The molecule has 0 unspecified atom stereocenters. The minimum atomic E-state index is 0. The molecular formula is C48H108O12Zr3. The molecule has 0 atom stereocenters. The molecule has 12 nitrogen and oxygen atoms in total. The third kappa shape index (κ3) is 362. The van der Waals surface area contributed by atoms with Gasteiger partial charge in [0.05, 0.1) is 0 Å². The first-order valence-electron chi connectivity index (χ1n) is 23.9. The standard InChI is InChI=1S/12C4H9O.3Zr/c12*1-2-3-4-5;;;/h12*2-4H2,1H3;;;/q12*-1;3*+4. The molecule has 0 amide bonds. The molecule has 0 aromatic heterocycles. The van der Waals surface area contributed by atoms with Crippen LogP contribution in [0.25, 0.3) is 0 Å². The maximum atomic E-state index is 9.53. The van der Waals surface area contributed by atoms with E-state index in [2.05, 4.69) is 0 Å². The summed E-state index contributed by atoms with van der Waals surface area (Å²) in [6, 6.07) is 0. The Hall–Kier alpha value is 2.17. The Morgan fingerprint density at radius 3 is 0.190 bits per heavy atom. The van der Waals surface area contributed by atoms with Crippen LogP contribution in [0, 0.1) is 0 Å². The fraction of sp³-hybridized carbons (Fsp3) is 1.00. The van der Waals surface area contributed by atoms with Gasteiger partial charge in [-0.3, -0.25) is 0 Å². The van der Waals surface area contributed by atoms with E-state index in [1.165, 1.54) is 0 Å². The van der Waals surface area contributed by atoms with Gasteiger partial charge in [0.15, 0.2) is 0 Å². The number of hydrogen-bond donors (Lipinski definition) is 0. The number of rotatable bonds is 24. The van der Waals surface area contributed by atoms with Crippen LogP contribution >= 0.6 is 0 Å². The van der Waals surface area contributed by atoms with Crippen molar-refractivity contribution in [1.82, 2.24) is 0 Å². The van der Waals surface area contributed by atoms with Gasteiger partial charge in [-0.1, -0.05) is 237 Å². The van der Waals surface area contributed by atoms with Crippen molar-refractivity contribution in [3.8, 4) is 0 Å². The Labute approximate surface area is 452 Å². The molecule has 0 saturated carbocycles. The van der Waals surface area contributed by atoms with Crippen molar-refractivity contribution in [1.29, 1.82) is 0 Å². The van der Waals surface area contributed by atoms with Crippen molar-refractivity contribution in [3.63, 3.8) is 0 Å². The largest absolute Gasteiger partial charge is 4.00 e. The SMILES string of the molecule is CCCC[O-].CCCC[O-].CCCC[O-].CCCC[O-].CCCC[O-].CCCC[O-].CCCC[O-].CCCC[O-].CCCC[O-].CCCC[O-].CCCC[O-].CCCC[O-].[Zr+4].[Zr+4].[Zr+4]. The number of hydrogen-bond acceptors (Lipinski definition) is 12. The van der Waals surface area contributed by atoms with Gasteiger partial charge in [0.2, 0.25) is 0 Å². The van der Waals surface area contributed by atoms with Gasteiger partial charge in [-0.15, -0.1) is 79.3 Å². The maximum absolute atomic E-state index is 9.53. The summed E-state index contributed by atoms with van der Waals surface area (Å²) < 4.78 is 0. The molecule has 15 heteroatoms. The van der Waals surface area contributed by atoms with Crippen LogP contribution in [0.1, 0.15) is 237 Å².